The van der Waals surface area contributed by atoms with Crippen molar-refractivity contribution in [2.24, 2.45) is 17.3 Å². The lowest BCUT2D eigenvalue weighted by molar-refractivity contribution is -0.151. The van der Waals surface area contributed by atoms with Crippen molar-refractivity contribution in [1.29, 1.82) is 0 Å². The predicted octanol–water partition coefficient (Wildman–Crippen LogP) is 3.42. The molecule has 0 rings (SSSR count). The van der Waals surface area contributed by atoms with E-state index in [2.05, 4.69) is 34.3 Å². The van der Waals surface area contributed by atoms with Crippen molar-refractivity contribution in [1.82, 2.24) is 0 Å². The number of hydrogen-bond donors (Lipinski definition) is 0. The van der Waals surface area contributed by atoms with Gasteiger partial charge in [0.05, 0.1) is 12.5 Å². The smallest absolute Gasteiger partial charge is 0.309 e. The molecule has 0 N–H and O–H groups in total. The van der Waals surface area contributed by atoms with Crippen LogP contribution in [-0.4, -0.2) is 12.6 Å². The average Bonchev–Trinajstić information content (AvgIpc) is 2.12. The van der Waals surface area contributed by atoms with Gasteiger partial charge in [-0.3, -0.25) is 4.79 Å². The summed E-state index contributed by atoms with van der Waals surface area (Å²) in [6.07, 6.45) is 2.49. The van der Waals surface area contributed by atoms with Crippen LogP contribution in [0.4, 0.5) is 0 Å². The summed E-state index contributed by atoms with van der Waals surface area (Å²) in [4.78, 5) is 11.8. The molecule has 0 aromatic rings. The van der Waals surface area contributed by atoms with Gasteiger partial charge in [-0.15, -0.1) is 6.58 Å². The van der Waals surface area contributed by atoms with E-state index >= 15 is 0 Å². The molecule has 0 aliphatic heterocycles. The Hall–Kier alpha value is -0.790. The third-order valence-corrected chi connectivity index (χ3v) is 2.98. The number of hydrogen-bond acceptors (Lipinski definition) is 2. The predicted molar refractivity (Wildman–Crippen MR) is 63.6 cm³/mol. The number of carbonyl (C=O) groups is 1. The van der Waals surface area contributed by atoms with Crippen LogP contribution in [0.5, 0.6) is 0 Å². The molecule has 0 aliphatic carbocycles. The van der Waals surface area contributed by atoms with Gasteiger partial charge in [-0.1, -0.05) is 33.8 Å². The molecular weight excluding hydrogens is 188 g/mol. The topological polar surface area (TPSA) is 26.3 Å². The second kappa shape index (κ2) is 5.94. The molecule has 0 amide bonds. The summed E-state index contributed by atoms with van der Waals surface area (Å²) in [5, 5.41) is 0. The first kappa shape index (κ1) is 14.2. The number of rotatable bonds is 5. The lowest BCUT2D eigenvalue weighted by atomic mass is 9.73. The average molecular weight is 212 g/mol. The summed E-state index contributed by atoms with van der Waals surface area (Å²) >= 11 is 0. The molecule has 0 unspecified atom stereocenters. The molecule has 0 aromatic heterocycles. The van der Waals surface area contributed by atoms with Crippen LogP contribution in [0.2, 0.25) is 0 Å². The number of ether oxygens (including phenoxy) is 1. The van der Waals surface area contributed by atoms with Crippen LogP contribution in [0.25, 0.3) is 0 Å². The Morgan fingerprint density at radius 1 is 1.47 bits per heavy atom. The fourth-order valence-corrected chi connectivity index (χ4v) is 1.54. The van der Waals surface area contributed by atoms with Crippen molar-refractivity contribution in [3.8, 4) is 0 Å². The first-order valence-electron chi connectivity index (χ1n) is 5.62. The molecule has 2 heteroatoms. The van der Waals surface area contributed by atoms with E-state index in [4.69, 9.17) is 4.74 Å². The molecule has 0 radical (unpaired) electrons. The number of esters is 1. The largest absolute Gasteiger partial charge is 0.466 e. The molecule has 0 aliphatic rings. The zero-order valence-corrected chi connectivity index (χ0v) is 10.7. The lowest BCUT2D eigenvalue weighted by Gasteiger charge is -2.32. The summed E-state index contributed by atoms with van der Waals surface area (Å²) in [5.41, 5.74) is 0.112. The highest BCUT2D eigenvalue weighted by Crippen LogP contribution is 2.34. The molecule has 0 heterocycles. The van der Waals surface area contributed by atoms with Crippen molar-refractivity contribution in [2.75, 3.05) is 6.61 Å². The summed E-state index contributed by atoms with van der Waals surface area (Å²) in [6.45, 7) is 14.5. The second-order valence-electron chi connectivity index (χ2n) is 5.04. The maximum atomic E-state index is 11.8. The highest BCUT2D eigenvalue weighted by atomic mass is 16.5. The van der Waals surface area contributed by atoms with E-state index in [1.54, 1.807) is 6.08 Å². The monoisotopic (exact) mass is 212 g/mol. The standard InChI is InChI=1S/C13H24O2/c1-7-9-11(12(14)15-8-2)10(3)13(4,5)6/h7,10-11H,1,8-9H2,2-6H3/t10-,11-/m1/s1. The Morgan fingerprint density at radius 3 is 2.33 bits per heavy atom. The van der Waals surface area contributed by atoms with Gasteiger partial charge in [-0.05, 0) is 24.7 Å². The van der Waals surface area contributed by atoms with Crippen LogP contribution in [0.3, 0.4) is 0 Å². The van der Waals surface area contributed by atoms with Gasteiger partial charge in [0.1, 0.15) is 0 Å². The first-order chi connectivity index (χ1) is 6.84. The zero-order valence-electron chi connectivity index (χ0n) is 10.7. The Balaban J connectivity index is 4.64. The van der Waals surface area contributed by atoms with E-state index in [1.165, 1.54) is 0 Å². The van der Waals surface area contributed by atoms with Crippen molar-refractivity contribution < 1.29 is 9.53 Å². The van der Waals surface area contributed by atoms with Crippen molar-refractivity contribution >= 4 is 5.97 Å². The van der Waals surface area contributed by atoms with Gasteiger partial charge in [0, 0.05) is 0 Å². The van der Waals surface area contributed by atoms with E-state index in [9.17, 15) is 4.79 Å². The third-order valence-electron chi connectivity index (χ3n) is 2.98. The van der Waals surface area contributed by atoms with Crippen LogP contribution in [0.1, 0.15) is 41.0 Å². The minimum absolute atomic E-state index is 0.0672. The van der Waals surface area contributed by atoms with Crippen LogP contribution in [-0.2, 0) is 9.53 Å². The summed E-state index contributed by atoms with van der Waals surface area (Å²) in [5.74, 6) is 0.122. The fraction of sp³-hybridized carbons (Fsp3) is 0.769. The molecule has 0 saturated carbocycles. The van der Waals surface area contributed by atoms with Gasteiger partial charge in [-0.2, -0.15) is 0 Å². The SMILES string of the molecule is C=CC[C@@H](C(=O)OCC)[C@@H](C)C(C)(C)C. The Labute approximate surface area is 93.7 Å². The van der Waals surface area contributed by atoms with Gasteiger partial charge in [-0.25, -0.2) is 0 Å². The summed E-state index contributed by atoms with van der Waals surface area (Å²) < 4.78 is 5.09. The highest BCUT2D eigenvalue weighted by molar-refractivity contribution is 5.73. The number of carbonyl (C=O) groups excluding carboxylic acids is 1. The Bertz CT molecular complexity index is 213. The quantitative estimate of drug-likeness (QED) is 0.515. The van der Waals surface area contributed by atoms with Gasteiger partial charge < -0.3 is 4.74 Å². The van der Waals surface area contributed by atoms with Crippen molar-refractivity contribution in [3.05, 3.63) is 12.7 Å². The van der Waals surface area contributed by atoms with Crippen molar-refractivity contribution in [3.63, 3.8) is 0 Å². The Kier molecular flexibility index (Phi) is 5.63. The zero-order chi connectivity index (χ0) is 12.1. The molecular formula is C13H24O2. The molecule has 0 spiro atoms. The lowest BCUT2D eigenvalue weighted by Crippen LogP contribution is -2.32. The maximum Gasteiger partial charge on any atom is 0.309 e. The van der Waals surface area contributed by atoms with Gasteiger partial charge in [0.25, 0.3) is 0 Å². The molecule has 0 saturated heterocycles. The van der Waals surface area contributed by atoms with Crippen LogP contribution in [0, 0.1) is 17.3 Å². The van der Waals surface area contributed by atoms with Crippen LogP contribution < -0.4 is 0 Å². The van der Waals surface area contributed by atoms with E-state index in [1.807, 2.05) is 6.92 Å². The highest BCUT2D eigenvalue weighted by Gasteiger charge is 2.33. The summed E-state index contributed by atoms with van der Waals surface area (Å²) in [6, 6.07) is 0. The van der Waals surface area contributed by atoms with Gasteiger partial charge in [0.15, 0.2) is 0 Å². The minimum Gasteiger partial charge on any atom is -0.466 e. The number of allylic oxidation sites excluding steroid dienone is 1. The molecule has 0 fully saturated rings. The molecule has 0 bridgehead atoms. The van der Waals surface area contributed by atoms with Crippen LogP contribution >= 0.6 is 0 Å². The molecule has 2 nitrogen and oxygen atoms in total. The normalized spacial score (nSPS) is 15.5. The molecule has 88 valence electrons. The van der Waals surface area contributed by atoms with E-state index in [0.717, 1.165) is 0 Å². The second-order valence-corrected chi connectivity index (χ2v) is 5.04. The molecule has 0 aromatic carbocycles. The Morgan fingerprint density at radius 2 is 2.00 bits per heavy atom. The fourth-order valence-electron chi connectivity index (χ4n) is 1.54. The maximum absolute atomic E-state index is 11.8. The summed E-state index contributed by atoms with van der Waals surface area (Å²) in [7, 11) is 0. The minimum atomic E-state index is -0.0974. The van der Waals surface area contributed by atoms with E-state index < -0.39 is 0 Å². The van der Waals surface area contributed by atoms with E-state index in [-0.39, 0.29) is 23.2 Å². The van der Waals surface area contributed by atoms with Crippen molar-refractivity contribution in [2.45, 2.75) is 41.0 Å². The van der Waals surface area contributed by atoms with E-state index in [0.29, 0.717) is 13.0 Å². The van der Waals surface area contributed by atoms with Crippen LogP contribution in [0.15, 0.2) is 12.7 Å². The molecule has 2 atom stereocenters. The molecule has 15 heavy (non-hydrogen) atoms. The third kappa shape index (κ3) is 4.50. The first-order valence-corrected chi connectivity index (χ1v) is 5.62. The van der Waals surface area contributed by atoms with Gasteiger partial charge in [0.2, 0.25) is 0 Å². The van der Waals surface area contributed by atoms with Gasteiger partial charge >= 0.3 is 5.97 Å².